The normalized spacial score (nSPS) is 15.8. The third-order valence-electron chi connectivity index (χ3n) is 6.05. The molecule has 11 heteroatoms. The second kappa shape index (κ2) is 11.4. The summed E-state index contributed by atoms with van der Waals surface area (Å²) in [7, 11) is 0. The Kier molecular flexibility index (Phi) is 8.65. The molecule has 0 saturated carbocycles. The number of nitrogens with zero attached hydrogens (tertiary/aromatic N) is 3. The number of carbonyl (C=O) groups excluding carboxylic acids is 3. The van der Waals surface area contributed by atoms with Gasteiger partial charge in [0.1, 0.15) is 17.5 Å². The highest BCUT2D eigenvalue weighted by Crippen LogP contribution is 2.33. The molecule has 0 aliphatic carbocycles. The molecule has 202 valence electrons. The molecule has 1 unspecified atom stereocenters. The fourth-order valence-electron chi connectivity index (χ4n) is 4.51. The number of likely N-dealkylation sites (tertiary alicyclic amines) is 1. The van der Waals surface area contributed by atoms with E-state index in [0.717, 1.165) is 6.07 Å². The van der Waals surface area contributed by atoms with Crippen LogP contribution in [0.5, 0.6) is 0 Å². The lowest BCUT2D eigenvalue weighted by Crippen LogP contribution is -2.51. The number of benzene rings is 1. The Morgan fingerprint density at radius 2 is 1.78 bits per heavy atom. The highest BCUT2D eigenvalue weighted by atomic mass is 19.4. The molecule has 2 aromatic rings. The minimum Gasteiger partial charge on any atom is -0.460 e. The number of hydrogen-bond donors (Lipinski definition) is 1. The number of aromatic nitrogens is 2. The van der Waals surface area contributed by atoms with Crippen molar-refractivity contribution in [3.05, 3.63) is 53.6 Å². The number of imidazole rings is 1. The second-order valence-corrected chi connectivity index (χ2v) is 10.2. The average molecular weight is 523 g/mol. The van der Waals surface area contributed by atoms with Gasteiger partial charge in [-0.25, -0.2) is 4.98 Å². The first-order valence-corrected chi connectivity index (χ1v) is 12.2. The highest BCUT2D eigenvalue weighted by Gasteiger charge is 2.35. The zero-order chi connectivity index (χ0) is 27.4. The van der Waals surface area contributed by atoms with E-state index in [1.807, 2.05) is 0 Å². The largest absolute Gasteiger partial charge is 0.460 e. The fraction of sp³-hybridized carbons (Fsp3) is 0.538. The van der Waals surface area contributed by atoms with E-state index in [9.17, 15) is 27.6 Å². The van der Waals surface area contributed by atoms with Crippen molar-refractivity contribution in [3.8, 4) is 0 Å². The summed E-state index contributed by atoms with van der Waals surface area (Å²) in [5, 5.41) is 2.55. The molecule has 2 amide bonds. The zero-order valence-corrected chi connectivity index (χ0v) is 21.5. The number of carbonyl (C=O) groups is 3. The van der Waals surface area contributed by atoms with Crippen molar-refractivity contribution in [1.82, 2.24) is 19.8 Å². The van der Waals surface area contributed by atoms with Crippen LogP contribution in [0.2, 0.25) is 0 Å². The quantitative estimate of drug-likeness (QED) is 0.557. The van der Waals surface area contributed by atoms with Crippen molar-refractivity contribution < 1.29 is 32.3 Å². The van der Waals surface area contributed by atoms with Crippen molar-refractivity contribution in [3.63, 3.8) is 0 Å². The molecular weight excluding hydrogens is 489 g/mol. The minimum absolute atomic E-state index is 0.0324. The van der Waals surface area contributed by atoms with Gasteiger partial charge in [0.15, 0.2) is 0 Å². The third-order valence-corrected chi connectivity index (χ3v) is 6.05. The van der Waals surface area contributed by atoms with Gasteiger partial charge in [0.05, 0.1) is 12.0 Å². The highest BCUT2D eigenvalue weighted by molar-refractivity contribution is 5.90. The number of piperidine rings is 1. The van der Waals surface area contributed by atoms with Crippen molar-refractivity contribution in [2.75, 3.05) is 13.1 Å². The molecule has 0 spiro atoms. The number of ether oxygens (including phenoxy) is 1. The first-order chi connectivity index (χ1) is 17.2. The average Bonchev–Trinajstić information content (AvgIpc) is 3.24. The van der Waals surface area contributed by atoms with Gasteiger partial charge >= 0.3 is 12.1 Å². The lowest BCUT2D eigenvalue weighted by atomic mass is 9.95. The van der Waals surface area contributed by atoms with Gasteiger partial charge in [0, 0.05) is 44.9 Å². The van der Waals surface area contributed by atoms with Gasteiger partial charge in [-0.3, -0.25) is 14.4 Å². The number of rotatable bonds is 7. The molecule has 3 rings (SSSR count). The van der Waals surface area contributed by atoms with Crippen LogP contribution < -0.4 is 5.32 Å². The van der Waals surface area contributed by atoms with E-state index >= 15 is 0 Å². The number of esters is 1. The Labute approximate surface area is 214 Å². The van der Waals surface area contributed by atoms with Crippen molar-refractivity contribution in [2.24, 2.45) is 0 Å². The van der Waals surface area contributed by atoms with Crippen LogP contribution in [0.15, 0.2) is 36.7 Å². The van der Waals surface area contributed by atoms with Crippen LogP contribution in [0, 0.1) is 0 Å². The molecule has 1 aromatic heterocycles. The van der Waals surface area contributed by atoms with Gasteiger partial charge in [-0.1, -0.05) is 18.2 Å². The summed E-state index contributed by atoms with van der Waals surface area (Å²) in [4.78, 5) is 43.1. The lowest BCUT2D eigenvalue weighted by Gasteiger charge is -2.34. The van der Waals surface area contributed by atoms with Crippen LogP contribution >= 0.6 is 0 Å². The minimum atomic E-state index is -4.45. The summed E-state index contributed by atoms with van der Waals surface area (Å²) in [5.74, 6) is -0.783. The second-order valence-electron chi connectivity index (χ2n) is 10.2. The summed E-state index contributed by atoms with van der Waals surface area (Å²) in [6, 6.07) is 4.43. The van der Waals surface area contributed by atoms with Crippen LogP contribution in [0.1, 0.15) is 69.8 Å². The summed E-state index contributed by atoms with van der Waals surface area (Å²) in [5.41, 5.74) is -1.24. The number of hydrogen-bond acceptors (Lipinski definition) is 5. The van der Waals surface area contributed by atoms with Crippen LogP contribution in [0.3, 0.4) is 0 Å². The predicted octanol–water partition coefficient (Wildman–Crippen LogP) is 3.89. The van der Waals surface area contributed by atoms with Gasteiger partial charge in [-0.15, -0.1) is 0 Å². The number of halogens is 3. The maximum Gasteiger partial charge on any atom is 0.416 e. The monoisotopic (exact) mass is 522 g/mol. The Hall–Kier alpha value is -3.37. The smallest absolute Gasteiger partial charge is 0.416 e. The predicted molar refractivity (Wildman–Crippen MR) is 129 cm³/mol. The number of amides is 2. The van der Waals surface area contributed by atoms with E-state index in [0.29, 0.717) is 31.8 Å². The van der Waals surface area contributed by atoms with Crippen molar-refractivity contribution >= 4 is 17.8 Å². The molecule has 8 nitrogen and oxygen atoms in total. The number of alkyl halides is 3. The van der Waals surface area contributed by atoms with Crippen LogP contribution in [0.25, 0.3) is 0 Å². The van der Waals surface area contributed by atoms with Gasteiger partial charge in [0.25, 0.3) is 0 Å². The molecule has 0 bridgehead atoms. The molecule has 37 heavy (non-hydrogen) atoms. The van der Waals surface area contributed by atoms with Gasteiger partial charge in [-0.2, -0.15) is 13.2 Å². The maximum absolute atomic E-state index is 13.4. The molecule has 0 radical (unpaired) electrons. The van der Waals surface area contributed by atoms with Crippen LogP contribution in [-0.2, 0) is 31.8 Å². The molecule has 1 fully saturated rings. The van der Waals surface area contributed by atoms with E-state index in [2.05, 4.69) is 10.3 Å². The molecule has 1 N–H and O–H groups in total. The Morgan fingerprint density at radius 1 is 1.14 bits per heavy atom. The molecule has 1 atom stereocenters. The molecule has 1 aliphatic heterocycles. The van der Waals surface area contributed by atoms with E-state index in [-0.39, 0.29) is 30.4 Å². The first-order valence-electron chi connectivity index (χ1n) is 12.2. The van der Waals surface area contributed by atoms with E-state index in [1.54, 1.807) is 48.7 Å². The summed E-state index contributed by atoms with van der Waals surface area (Å²) < 4.78 is 47.3. The molecule has 1 aromatic carbocycles. The molecular formula is C26H33F3N4O4. The van der Waals surface area contributed by atoms with Crippen molar-refractivity contribution in [1.29, 1.82) is 0 Å². The summed E-state index contributed by atoms with van der Waals surface area (Å²) >= 11 is 0. The topological polar surface area (TPSA) is 93.5 Å². The Bertz CT molecular complexity index is 1120. The van der Waals surface area contributed by atoms with E-state index < -0.39 is 35.3 Å². The lowest BCUT2D eigenvalue weighted by molar-refractivity contribution is -0.157. The van der Waals surface area contributed by atoms with Gasteiger partial charge in [-0.05, 0) is 45.2 Å². The Morgan fingerprint density at radius 3 is 2.38 bits per heavy atom. The summed E-state index contributed by atoms with van der Waals surface area (Å²) in [6.45, 7) is 7.19. The standard InChI is InChI=1S/C26H33F3N4O4/c1-17(34)31-21(15-22(35)37-25(2,3)4)24(36)32-12-9-18(10-13-32)23-30-11-14-33(23)16-19-7-5-6-8-20(19)26(27,28)29/h5-8,11,14,18,21H,9-10,12-13,15-16H2,1-4H3,(H,31,34). The number of nitrogens with one attached hydrogen (secondary N) is 1. The van der Waals surface area contributed by atoms with Crippen LogP contribution in [0.4, 0.5) is 13.2 Å². The third kappa shape index (κ3) is 7.80. The fourth-order valence-corrected chi connectivity index (χ4v) is 4.51. The van der Waals surface area contributed by atoms with E-state index in [1.165, 1.54) is 19.1 Å². The van der Waals surface area contributed by atoms with Gasteiger partial charge < -0.3 is 19.5 Å². The Balaban J connectivity index is 1.66. The van der Waals surface area contributed by atoms with Gasteiger partial charge in [0.2, 0.25) is 11.8 Å². The summed E-state index contributed by atoms with van der Waals surface area (Å²) in [6.07, 6.45) is -0.415. The van der Waals surface area contributed by atoms with E-state index in [4.69, 9.17) is 4.74 Å². The molecule has 2 heterocycles. The first kappa shape index (κ1) is 28.2. The maximum atomic E-state index is 13.4. The zero-order valence-electron chi connectivity index (χ0n) is 21.5. The SMILES string of the molecule is CC(=O)NC(CC(=O)OC(C)(C)C)C(=O)N1CCC(c2nccn2Cc2ccccc2C(F)(F)F)CC1. The molecule has 1 aliphatic rings. The molecule has 1 saturated heterocycles. The van der Waals surface area contributed by atoms with Crippen LogP contribution in [-0.4, -0.2) is 57.0 Å². The van der Waals surface area contributed by atoms with Crippen molar-refractivity contribution in [2.45, 2.75) is 77.2 Å².